The van der Waals surface area contributed by atoms with Crippen molar-refractivity contribution >= 4 is 23.2 Å². The minimum Gasteiger partial charge on any atom is -0.392 e. The topological polar surface area (TPSA) is 32.3 Å². The molecule has 0 saturated carbocycles. The van der Waals surface area contributed by atoms with Gasteiger partial charge in [0.05, 0.1) is 11.1 Å². The molecule has 0 saturated heterocycles. The van der Waals surface area contributed by atoms with Crippen LogP contribution in [0.3, 0.4) is 0 Å². The molecule has 2 nitrogen and oxygen atoms in total. The van der Waals surface area contributed by atoms with Crippen molar-refractivity contribution in [1.29, 1.82) is 0 Å². The van der Waals surface area contributed by atoms with Crippen molar-refractivity contribution in [2.45, 2.75) is 38.8 Å². The molecule has 0 heterocycles. The number of benzene rings is 1. The molecule has 1 rings (SSSR count). The minimum absolute atomic E-state index is 0.0157. The highest BCUT2D eigenvalue weighted by Gasteiger charge is 2.14. The molecule has 18 heavy (non-hydrogen) atoms. The van der Waals surface area contributed by atoms with Gasteiger partial charge in [0.15, 0.2) is 0 Å². The second kappa shape index (κ2) is 7.29. The van der Waals surface area contributed by atoms with Crippen molar-refractivity contribution in [1.82, 2.24) is 5.32 Å². The summed E-state index contributed by atoms with van der Waals surface area (Å²) < 4.78 is 13.4. The third kappa shape index (κ3) is 4.39. The molecule has 2 unspecified atom stereocenters. The lowest BCUT2D eigenvalue weighted by atomic mass is 10.1. The predicted molar refractivity (Wildman–Crippen MR) is 73.8 cm³/mol. The fourth-order valence-corrected chi connectivity index (χ4v) is 2.27. The average molecular weight is 294 g/mol. The summed E-state index contributed by atoms with van der Waals surface area (Å²) in [6, 6.07) is 2.58. The molecule has 0 amide bonds. The molecule has 102 valence electrons. The Labute approximate surface area is 117 Å². The molecule has 0 aliphatic rings. The molecule has 0 fully saturated rings. The summed E-state index contributed by atoms with van der Waals surface area (Å²) in [5, 5.41) is 13.2. The third-order valence-electron chi connectivity index (χ3n) is 2.79. The van der Waals surface area contributed by atoms with Crippen LogP contribution in [0.25, 0.3) is 0 Å². The molecule has 0 radical (unpaired) electrons. The summed E-state index contributed by atoms with van der Waals surface area (Å²) in [5.41, 5.74) is 0.641. The van der Waals surface area contributed by atoms with Gasteiger partial charge in [-0.3, -0.25) is 0 Å². The van der Waals surface area contributed by atoms with Crippen molar-refractivity contribution in [2.75, 3.05) is 6.54 Å². The van der Waals surface area contributed by atoms with E-state index in [0.717, 1.165) is 12.8 Å². The quantitative estimate of drug-likeness (QED) is 0.779. The Kier molecular flexibility index (Phi) is 6.36. The van der Waals surface area contributed by atoms with Crippen LogP contribution in [0.5, 0.6) is 0 Å². The molecule has 1 aromatic rings. The maximum absolute atomic E-state index is 13.4. The van der Waals surface area contributed by atoms with Crippen LogP contribution in [-0.2, 0) is 0 Å². The molecule has 2 N–H and O–H groups in total. The number of aliphatic hydroxyl groups excluding tert-OH is 1. The van der Waals surface area contributed by atoms with Crippen LogP contribution in [0.4, 0.5) is 4.39 Å². The fraction of sp³-hybridized carbons (Fsp3) is 0.538. The first kappa shape index (κ1) is 15.7. The smallest absolute Gasteiger partial charge is 0.142 e. The van der Waals surface area contributed by atoms with E-state index in [0.29, 0.717) is 17.1 Å². The summed E-state index contributed by atoms with van der Waals surface area (Å²) in [4.78, 5) is 0. The molecule has 0 aliphatic carbocycles. The van der Waals surface area contributed by atoms with Crippen LogP contribution in [0, 0.1) is 5.82 Å². The number of hydrogen-bond donors (Lipinski definition) is 2. The first-order valence-electron chi connectivity index (χ1n) is 6.01. The van der Waals surface area contributed by atoms with Crippen molar-refractivity contribution in [3.8, 4) is 0 Å². The Hall–Kier alpha value is -0.350. The zero-order chi connectivity index (χ0) is 13.7. The van der Waals surface area contributed by atoms with Crippen molar-refractivity contribution in [2.24, 2.45) is 0 Å². The maximum atomic E-state index is 13.4. The summed E-state index contributed by atoms with van der Waals surface area (Å²) in [6.45, 7) is 4.33. The van der Waals surface area contributed by atoms with Crippen LogP contribution in [-0.4, -0.2) is 17.8 Å². The lowest BCUT2D eigenvalue weighted by molar-refractivity contribution is 0.157. The van der Waals surface area contributed by atoms with Crippen LogP contribution in [0.2, 0.25) is 10.0 Å². The second-order valence-corrected chi connectivity index (χ2v) is 5.17. The Morgan fingerprint density at radius 3 is 2.61 bits per heavy atom. The summed E-state index contributed by atoms with van der Waals surface area (Å²) in [7, 11) is 0. The summed E-state index contributed by atoms with van der Waals surface area (Å²) in [6.07, 6.45) is 1.27. The highest BCUT2D eigenvalue weighted by Crippen LogP contribution is 2.28. The van der Waals surface area contributed by atoms with E-state index in [4.69, 9.17) is 23.2 Å². The van der Waals surface area contributed by atoms with Gasteiger partial charge >= 0.3 is 0 Å². The minimum atomic E-state index is -0.487. The van der Waals surface area contributed by atoms with Gasteiger partial charge in [-0.05, 0) is 31.0 Å². The van der Waals surface area contributed by atoms with E-state index in [1.54, 1.807) is 0 Å². The van der Waals surface area contributed by atoms with Gasteiger partial charge in [0.2, 0.25) is 0 Å². The van der Waals surface area contributed by atoms with E-state index in [-0.39, 0.29) is 11.1 Å². The molecule has 1 aromatic carbocycles. The first-order chi connectivity index (χ1) is 8.45. The fourth-order valence-electron chi connectivity index (χ4n) is 1.73. The van der Waals surface area contributed by atoms with Gasteiger partial charge in [-0.15, -0.1) is 0 Å². The van der Waals surface area contributed by atoms with Gasteiger partial charge in [0.25, 0.3) is 0 Å². The number of aliphatic hydroxyl groups is 1. The van der Waals surface area contributed by atoms with Gasteiger partial charge < -0.3 is 10.4 Å². The van der Waals surface area contributed by atoms with Crippen LogP contribution >= 0.6 is 23.2 Å². The van der Waals surface area contributed by atoms with E-state index < -0.39 is 11.9 Å². The van der Waals surface area contributed by atoms with Crippen LogP contribution in [0.1, 0.15) is 38.3 Å². The normalized spacial score (nSPS) is 14.6. The Bertz CT molecular complexity index is 401. The molecule has 0 spiro atoms. The SMILES string of the molecule is CCCC(O)CNC(C)c1cc(F)c(Cl)cc1Cl. The standard InChI is InChI=1S/C13H18Cl2FNO/c1-3-4-9(18)7-17-8(2)10-5-13(16)12(15)6-11(10)14/h5-6,8-9,17-18H,3-4,7H2,1-2H3. The molecule has 0 aromatic heterocycles. The molecule has 0 bridgehead atoms. The van der Waals surface area contributed by atoms with Crippen LogP contribution in [0.15, 0.2) is 12.1 Å². The van der Waals surface area contributed by atoms with Crippen molar-refractivity contribution in [3.05, 3.63) is 33.6 Å². The Balaban J connectivity index is 2.66. The molecule has 2 atom stereocenters. The Morgan fingerprint density at radius 1 is 1.33 bits per heavy atom. The molecular weight excluding hydrogens is 276 g/mol. The number of halogens is 3. The van der Waals surface area contributed by atoms with E-state index >= 15 is 0 Å². The van der Waals surface area contributed by atoms with E-state index in [9.17, 15) is 9.50 Å². The second-order valence-electron chi connectivity index (χ2n) is 4.36. The molecular formula is C13H18Cl2FNO. The average Bonchev–Trinajstić information content (AvgIpc) is 2.31. The number of nitrogens with one attached hydrogen (secondary N) is 1. The monoisotopic (exact) mass is 293 g/mol. The lowest BCUT2D eigenvalue weighted by Crippen LogP contribution is -2.29. The van der Waals surface area contributed by atoms with Gasteiger partial charge in [-0.25, -0.2) is 4.39 Å². The van der Waals surface area contributed by atoms with Crippen LogP contribution < -0.4 is 5.32 Å². The largest absolute Gasteiger partial charge is 0.392 e. The van der Waals surface area contributed by atoms with E-state index in [1.807, 2.05) is 13.8 Å². The van der Waals surface area contributed by atoms with Gasteiger partial charge in [0, 0.05) is 17.6 Å². The maximum Gasteiger partial charge on any atom is 0.142 e. The van der Waals surface area contributed by atoms with Gasteiger partial charge in [-0.2, -0.15) is 0 Å². The zero-order valence-electron chi connectivity index (χ0n) is 10.5. The molecule has 0 aliphatic heterocycles. The van der Waals surface area contributed by atoms with Crippen molar-refractivity contribution in [3.63, 3.8) is 0 Å². The third-order valence-corrected chi connectivity index (χ3v) is 3.40. The summed E-state index contributed by atoms with van der Waals surface area (Å²) >= 11 is 11.7. The van der Waals surface area contributed by atoms with Crippen molar-refractivity contribution < 1.29 is 9.50 Å². The first-order valence-corrected chi connectivity index (χ1v) is 6.77. The molecule has 5 heteroatoms. The predicted octanol–water partition coefficient (Wildman–Crippen LogP) is 3.94. The number of hydrogen-bond acceptors (Lipinski definition) is 2. The summed E-state index contributed by atoms with van der Waals surface area (Å²) in [5.74, 6) is -0.487. The Morgan fingerprint density at radius 2 is 2.00 bits per heavy atom. The van der Waals surface area contributed by atoms with Gasteiger partial charge in [0.1, 0.15) is 5.82 Å². The lowest BCUT2D eigenvalue weighted by Gasteiger charge is -2.18. The zero-order valence-corrected chi connectivity index (χ0v) is 12.0. The van der Waals surface area contributed by atoms with Gasteiger partial charge in [-0.1, -0.05) is 36.5 Å². The van der Waals surface area contributed by atoms with E-state index in [2.05, 4.69) is 5.32 Å². The number of rotatable bonds is 6. The van der Waals surface area contributed by atoms with E-state index in [1.165, 1.54) is 12.1 Å². The highest BCUT2D eigenvalue weighted by molar-refractivity contribution is 6.35. The highest BCUT2D eigenvalue weighted by atomic mass is 35.5.